The molecule has 1 nitrogen and oxygen atoms in total. The molecule has 12 heavy (non-hydrogen) atoms. The maximum Gasteiger partial charge on any atom is 0.0117 e. The first-order valence-corrected chi connectivity index (χ1v) is 4.76. The molecule has 0 heterocycles. The molecule has 0 aliphatic carbocycles. The van der Waals surface area contributed by atoms with Crippen LogP contribution in [0, 0.1) is 23.7 Å². The van der Waals surface area contributed by atoms with E-state index in [2.05, 4.69) is 31.0 Å². The average molecular weight is 167 g/mol. The monoisotopic (exact) mass is 167 g/mol. The molecule has 0 rings (SSSR count). The summed E-state index contributed by atoms with van der Waals surface area (Å²) < 4.78 is 0. The van der Waals surface area contributed by atoms with E-state index in [-0.39, 0.29) is 0 Å². The standard InChI is InChI=1S/C11H21N/c1-5-6-7-10(2)11(3)8-9-12-4/h10-12H,7-9H2,1-4H3. The van der Waals surface area contributed by atoms with Gasteiger partial charge in [0.05, 0.1) is 0 Å². The van der Waals surface area contributed by atoms with Gasteiger partial charge in [0.2, 0.25) is 0 Å². The summed E-state index contributed by atoms with van der Waals surface area (Å²) in [6, 6.07) is 0. The molecule has 0 aromatic rings. The lowest BCUT2D eigenvalue weighted by atomic mass is 9.90. The van der Waals surface area contributed by atoms with Gasteiger partial charge in [-0.25, -0.2) is 0 Å². The molecule has 0 spiro atoms. The quantitative estimate of drug-likeness (QED) is 0.619. The summed E-state index contributed by atoms with van der Waals surface area (Å²) in [6.45, 7) is 7.61. The first-order chi connectivity index (χ1) is 5.72. The van der Waals surface area contributed by atoms with E-state index in [0.717, 1.165) is 24.8 Å². The van der Waals surface area contributed by atoms with Crippen molar-refractivity contribution in [3.63, 3.8) is 0 Å². The summed E-state index contributed by atoms with van der Waals surface area (Å²) in [5.41, 5.74) is 0. The van der Waals surface area contributed by atoms with Gasteiger partial charge in [0.15, 0.2) is 0 Å². The second kappa shape index (κ2) is 7.18. The predicted octanol–water partition coefficient (Wildman–Crippen LogP) is 2.28. The molecule has 0 bridgehead atoms. The summed E-state index contributed by atoms with van der Waals surface area (Å²) in [7, 11) is 2.00. The molecule has 0 saturated heterocycles. The highest BCUT2D eigenvalue weighted by Crippen LogP contribution is 2.17. The van der Waals surface area contributed by atoms with Crippen LogP contribution >= 0.6 is 0 Å². The van der Waals surface area contributed by atoms with E-state index in [9.17, 15) is 0 Å². The van der Waals surface area contributed by atoms with Gasteiger partial charge in [-0.2, -0.15) is 0 Å². The highest BCUT2D eigenvalue weighted by molar-refractivity contribution is 4.96. The summed E-state index contributed by atoms with van der Waals surface area (Å²) in [4.78, 5) is 0. The van der Waals surface area contributed by atoms with Crippen molar-refractivity contribution in [1.82, 2.24) is 5.32 Å². The third-order valence-corrected chi connectivity index (χ3v) is 2.42. The van der Waals surface area contributed by atoms with Crippen LogP contribution in [0.1, 0.15) is 33.6 Å². The normalized spacial score (nSPS) is 14.7. The molecule has 2 atom stereocenters. The van der Waals surface area contributed by atoms with Gasteiger partial charge in [-0.15, -0.1) is 11.8 Å². The van der Waals surface area contributed by atoms with Gasteiger partial charge >= 0.3 is 0 Å². The van der Waals surface area contributed by atoms with Crippen molar-refractivity contribution in [2.24, 2.45) is 11.8 Å². The summed E-state index contributed by atoms with van der Waals surface area (Å²) >= 11 is 0. The minimum Gasteiger partial charge on any atom is -0.320 e. The Balaban J connectivity index is 3.58. The van der Waals surface area contributed by atoms with Crippen LogP contribution in [0.15, 0.2) is 0 Å². The van der Waals surface area contributed by atoms with E-state index in [1.165, 1.54) is 6.42 Å². The van der Waals surface area contributed by atoms with Gasteiger partial charge in [-0.1, -0.05) is 13.8 Å². The molecule has 0 saturated carbocycles. The van der Waals surface area contributed by atoms with Crippen molar-refractivity contribution < 1.29 is 0 Å². The minimum atomic E-state index is 0.728. The zero-order valence-electron chi connectivity index (χ0n) is 8.78. The average Bonchev–Trinajstić information content (AvgIpc) is 2.10. The molecule has 0 aromatic carbocycles. The molecule has 0 aliphatic rings. The Bertz CT molecular complexity index is 152. The highest BCUT2D eigenvalue weighted by Gasteiger charge is 2.09. The number of rotatable bonds is 5. The molecule has 0 aromatic heterocycles. The van der Waals surface area contributed by atoms with Crippen LogP contribution in [0.25, 0.3) is 0 Å². The van der Waals surface area contributed by atoms with Crippen LogP contribution in [0.5, 0.6) is 0 Å². The van der Waals surface area contributed by atoms with Gasteiger partial charge in [-0.05, 0) is 38.8 Å². The fourth-order valence-corrected chi connectivity index (χ4v) is 1.12. The van der Waals surface area contributed by atoms with E-state index in [1.807, 2.05) is 14.0 Å². The molecule has 1 N–H and O–H groups in total. The molecule has 0 amide bonds. The van der Waals surface area contributed by atoms with Gasteiger partial charge in [0.1, 0.15) is 0 Å². The fourth-order valence-electron chi connectivity index (χ4n) is 1.12. The lowest BCUT2D eigenvalue weighted by Crippen LogP contribution is -2.15. The van der Waals surface area contributed by atoms with Crippen molar-refractivity contribution >= 4 is 0 Å². The molecular formula is C11H21N. The Morgan fingerprint density at radius 3 is 2.42 bits per heavy atom. The number of nitrogens with one attached hydrogen (secondary N) is 1. The van der Waals surface area contributed by atoms with Crippen molar-refractivity contribution in [2.45, 2.75) is 33.6 Å². The number of hydrogen-bond donors (Lipinski definition) is 1. The third kappa shape index (κ3) is 5.21. The predicted molar refractivity (Wildman–Crippen MR) is 54.9 cm³/mol. The molecule has 0 fully saturated rings. The van der Waals surface area contributed by atoms with Crippen molar-refractivity contribution in [3.05, 3.63) is 0 Å². The zero-order chi connectivity index (χ0) is 9.40. The first kappa shape index (κ1) is 11.5. The van der Waals surface area contributed by atoms with Crippen LogP contribution in [-0.2, 0) is 0 Å². The largest absolute Gasteiger partial charge is 0.320 e. The van der Waals surface area contributed by atoms with Crippen LogP contribution < -0.4 is 5.32 Å². The maximum atomic E-state index is 3.17. The Kier molecular flexibility index (Phi) is 6.90. The number of hydrogen-bond acceptors (Lipinski definition) is 1. The Morgan fingerprint density at radius 1 is 1.25 bits per heavy atom. The van der Waals surface area contributed by atoms with Crippen LogP contribution in [-0.4, -0.2) is 13.6 Å². The highest BCUT2D eigenvalue weighted by atomic mass is 14.8. The summed E-state index contributed by atoms with van der Waals surface area (Å²) in [6.07, 6.45) is 2.30. The molecule has 0 aliphatic heterocycles. The van der Waals surface area contributed by atoms with Crippen molar-refractivity contribution in [3.8, 4) is 11.8 Å². The van der Waals surface area contributed by atoms with Gasteiger partial charge < -0.3 is 5.32 Å². The fraction of sp³-hybridized carbons (Fsp3) is 0.818. The van der Waals surface area contributed by atoms with E-state index >= 15 is 0 Å². The smallest absolute Gasteiger partial charge is 0.0117 e. The molecule has 0 radical (unpaired) electrons. The topological polar surface area (TPSA) is 12.0 Å². The SMILES string of the molecule is CC#CCC(C)C(C)CCNC. The Morgan fingerprint density at radius 2 is 1.92 bits per heavy atom. The molecule has 1 heteroatoms. The second-order valence-electron chi connectivity index (χ2n) is 3.48. The molecule has 70 valence electrons. The zero-order valence-corrected chi connectivity index (χ0v) is 8.78. The van der Waals surface area contributed by atoms with Crippen LogP contribution in [0.2, 0.25) is 0 Å². The van der Waals surface area contributed by atoms with E-state index in [0.29, 0.717) is 0 Å². The second-order valence-corrected chi connectivity index (χ2v) is 3.48. The molecular weight excluding hydrogens is 146 g/mol. The summed E-state index contributed by atoms with van der Waals surface area (Å²) in [5.74, 6) is 7.58. The van der Waals surface area contributed by atoms with Crippen molar-refractivity contribution in [2.75, 3.05) is 13.6 Å². The summed E-state index contributed by atoms with van der Waals surface area (Å²) in [5, 5.41) is 3.17. The Labute approximate surface area is 76.9 Å². The first-order valence-electron chi connectivity index (χ1n) is 4.76. The van der Waals surface area contributed by atoms with Crippen molar-refractivity contribution in [1.29, 1.82) is 0 Å². The van der Waals surface area contributed by atoms with E-state index in [1.54, 1.807) is 0 Å². The van der Waals surface area contributed by atoms with Gasteiger partial charge in [0.25, 0.3) is 0 Å². The third-order valence-electron chi connectivity index (χ3n) is 2.42. The minimum absolute atomic E-state index is 0.728. The van der Waals surface area contributed by atoms with Gasteiger partial charge in [-0.3, -0.25) is 0 Å². The van der Waals surface area contributed by atoms with Crippen LogP contribution in [0.3, 0.4) is 0 Å². The van der Waals surface area contributed by atoms with E-state index in [4.69, 9.17) is 0 Å². The van der Waals surface area contributed by atoms with Gasteiger partial charge in [0, 0.05) is 6.42 Å². The van der Waals surface area contributed by atoms with Crippen LogP contribution in [0.4, 0.5) is 0 Å². The molecule has 2 unspecified atom stereocenters. The lowest BCUT2D eigenvalue weighted by molar-refractivity contribution is 0.368. The maximum absolute atomic E-state index is 3.17. The lowest BCUT2D eigenvalue weighted by Gasteiger charge is -2.16. The van der Waals surface area contributed by atoms with E-state index < -0.39 is 0 Å². The Hall–Kier alpha value is -0.480.